The van der Waals surface area contributed by atoms with E-state index in [2.05, 4.69) is 10.2 Å². The summed E-state index contributed by atoms with van der Waals surface area (Å²) in [5, 5.41) is 4.95. The number of hydrogen-bond acceptors (Lipinski definition) is 5. The van der Waals surface area contributed by atoms with Gasteiger partial charge in [-0.25, -0.2) is 0 Å². The van der Waals surface area contributed by atoms with Gasteiger partial charge in [-0.05, 0) is 67.2 Å². The minimum absolute atomic E-state index is 0.192. The van der Waals surface area contributed by atoms with E-state index < -0.39 is 7.14 Å². The number of carbonyl (C=O) groups excluding carboxylic acids is 1. The quantitative estimate of drug-likeness (QED) is 0.367. The average Bonchev–Trinajstić information content (AvgIpc) is 3.23. The van der Waals surface area contributed by atoms with E-state index in [-0.39, 0.29) is 5.91 Å². The minimum Gasteiger partial charge on any atom is -0.397 e. The van der Waals surface area contributed by atoms with E-state index in [1.807, 2.05) is 80.4 Å². The number of nitrogens with two attached hydrogens (primary N) is 1. The SMILES string of the molecule is CN(CCP(C)(C)=O)Cc1ccc(C(=O)Nc2cc(-c3cccs3)ccc2N)cc1. The zero-order valence-electron chi connectivity index (χ0n) is 17.6. The van der Waals surface area contributed by atoms with Crippen LogP contribution in [0.25, 0.3) is 10.4 Å². The summed E-state index contributed by atoms with van der Waals surface area (Å²) in [6, 6.07) is 17.3. The Morgan fingerprint density at radius 3 is 2.50 bits per heavy atom. The van der Waals surface area contributed by atoms with Crippen molar-refractivity contribution in [2.75, 3.05) is 44.1 Å². The van der Waals surface area contributed by atoms with E-state index in [9.17, 15) is 9.36 Å². The smallest absolute Gasteiger partial charge is 0.255 e. The molecule has 3 rings (SSSR count). The molecule has 5 nitrogen and oxygen atoms in total. The van der Waals surface area contributed by atoms with E-state index in [0.717, 1.165) is 29.1 Å². The molecule has 0 aliphatic rings. The molecule has 0 radical (unpaired) electrons. The van der Waals surface area contributed by atoms with E-state index >= 15 is 0 Å². The van der Waals surface area contributed by atoms with Crippen molar-refractivity contribution in [3.63, 3.8) is 0 Å². The van der Waals surface area contributed by atoms with Crippen LogP contribution in [0.3, 0.4) is 0 Å². The number of benzene rings is 2. The van der Waals surface area contributed by atoms with Gasteiger partial charge in [0.1, 0.15) is 0 Å². The lowest BCUT2D eigenvalue weighted by Crippen LogP contribution is -2.21. The minimum atomic E-state index is -2.01. The summed E-state index contributed by atoms with van der Waals surface area (Å²) in [7, 11) is 0.00682. The molecule has 3 aromatic rings. The van der Waals surface area contributed by atoms with Crippen LogP contribution >= 0.6 is 18.5 Å². The zero-order valence-corrected chi connectivity index (χ0v) is 19.3. The molecule has 0 spiro atoms. The first-order valence-electron chi connectivity index (χ1n) is 9.77. The predicted molar refractivity (Wildman–Crippen MR) is 129 cm³/mol. The lowest BCUT2D eigenvalue weighted by Gasteiger charge is -2.18. The van der Waals surface area contributed by atoms with Crippen LogP contribution in [0.5, 0.6) is 0 Å². The van der Waals surface area contributed by atoms with Crippen LogP contribution < -0.4 is 11.1 Å². The Bertz CT molecular complexity index is 1040. The first kappa shape index (κ1) is 22.3. The second-order valence-corrected chi connectivity index (χ2v) is 12.5. The lowest BCUT2D eigenvalue weighted by atomic mass is 10.1. The standard InChI is InChI=1S/C23H28N3O2PS/c1-26(12-13-29(2,3)28)16-17-6-8-18(9-7-17)23(27)25-21-15-19(10-11-20(21)24)22-5-4-14-30-22/h4-11,14-15H,12-13,16,24H2,1-3H3,(H,25,27). The third-order valence-electron chi connectivity index (χ3n) is 4.80. The molecule has 30 heavy (non-hydrogen) atoms. The third-order valence-corrected chi connectivity index (χ3v) is 6.99. The average molecular weight is 442 g/mol. The maximum Gasteiger partial charge on any atom is 0.255 e. The third kappa shape index (κ3) is 6.30. The van der Waals surface area contributed by atoms with Crippen LogP contribution in [0.15, 0.2) is 60.0 Å². The lowest BCUT2D eigenvalue weighted by molar-refractivity contribution is 0.102. The summed E-state index contributed by atoms with van der Waals surface area (Å²) in [5.74, 6) is -0.192. The summed E-state index contributed by atoms with van der Waals surface area (Å²) < 4.78 is 11.9. The predicted octanol–water partition coefficient (Wildman–Crippen LogP) is 5.30. The molecule has 0 unspecified atom stereocenters. The molecule has 1 heterocycles. The van der Waals surface area contributed by atoms with E-state index in [0.29, 0.717) is 23.1 Å². The van der Waals surface area contributed by atoms with Gasteiger partial charge in [-0.1, -0.05) is 24.3 Å². The van der Waals surface area contributed by atoms with Crippen molar-refractivity contribution < 1.29 is 9.36 Å². The van der Waals surface area contributed by atoms with Crippen molar-refractivity contribution >= 4 is 35.8 Å². The van der Waals surface area contributed by atoms with Crippen molar-refractivity contribution in [1.29, 1.82) is 0 Å². The number of rotatable bonds is 8. The summed E-state index contributed by atoms with van der Waals surface area (Å²) in [6.07, 6.45) is 0.704. The molecule has 0 saturated heterocycles. The molecule has 3 N–H and O–H groups in total. The van der Waals surface area contributed by atoms with Gasteiger partial charge in [0.15, 0.2) is 0 Å². The molecular weight excluding hydrogens is 413 g/mol. The zero-order chi connectivity index (χ0) is 21.7. The Balaban J connectivity index is 1.64. The fraction of sp³-hybridized carbons (Fsp3) is 0.261. The van der Waals surface area contributed by atoms with Crippen molar-refractivity contribution in [2.45, 2.75) is 6.54 Å². The number of amides is 1. The van der Waals surface area contributed by atoms with Crippen LogP contribution in [0, 0.1) is 0 Å². The highest BCUT2D eigenvalue weighted by Crippen LogP contribution is 2.35. The topological polar surface area (TPSA) is 75.4 Å². The highest BCUT2D eigenvalue weighted by molar-refractivity contribution is 7.62. The second kappa shape index (κ2) is 9.61. The molecule has 0 saturated carbocycles. The van der Waals surface area contributed by atoms with Crippen molar-refractivity contribution in [3.8, 4) is 10.4 Å². The van der Waals surface area contributed by atoms with Gasteiger partial charge in [-0.2, -0.15) is 0 Å². The maximum atomic E-state index is 12.7. The van der Waals surface area contributed by atoms with Gasteiger partial charge < -0.3 is 20.5 Å². The number of anilines is 2. The molecule has 0 bridgehead atoms. The molecule has 0 aliphatic carbocycles. The van der Waals surface area contributed by atoms with Crippen molar-refractivity contribution in [2.24, 2.45) is 0 Å². The van der Waals surface area contributed by atoms with Crippen LogP contribution in [-0.4, -0.2) is 43.9 Å². The Morgan fingerprint density at radius 1 is 1.13 bits per heavy atom. The van der Waals surface area contributed by atoms with Crippen LogP contribution in [0.4, 0.5) is 11.4 Å². The van der Waals surface area contributed by atoms with Gasteiger partial charge >= 0.3 is 0 Å². The first-order chi connectivity index (χ1) is 14.2. The fourth-order valence-electron chi connectivity index (χ4n) is 3.02. The normalized spacial score (nSPS) is 11.6. The Morgan fingerprint density at radius 2 is 1.87 bits per heavy atom. The fourth-order valence-corrected chi connectivity index (χ4v) is 4.57. The summed E-state index contributed by atoms with van der Waals surface area (Å²) >= 11 is 1.64. The highest BCUT2D eigenvalue weighted by Gasteiger charge is 2.12. The Hall–Kier alpha value is -2.40. The van der Waals surface area contributed by atoms with Crippen LogP contribution in [-0.2, 0) is 11.1 Å². The summed E-state index contributed by atoms with van der Waals surface area (Å²) in [6.45, 7) is 5.17. The van der Waals surface area contributed by atoms with Gasteiger partial charge in [0.25, 0.3) is 5.91 Å². The highest BCUT2D eigenvalue weighted by atomic mass is 32.1. The Labute approximate surface area is 182 Å². The molecule has 1 amide bonds. The number of carbonyl (C=O) groups is 1. The number of nitrogens with one attached hydrogen (secondary N) is 1. The number of nitrogen functional groups attached to an aromatic ring is 1. The largest absolute Gasteiger partial charge is 0.397 e. The van der Waals surface area contributed by atoms with Gasteiger partial charge in [0, 0.05) is 29.7 Å². The molecule has 0 atom stereocenters. The van der Waals surface area contributed by atoms with Crippen molar-refractivity contribution in [1.82, 2.24) is 4.90 Å². The summed E-state index contributed by atoms with van der Waals surface area (Å²) in [5.41, 5.74) is 9.92. The number of nitrogens with zero attached hydrogens (tertiary/aromatic N) is 1. The van der Waals surface area contributed by atoms with Crippen molar-refractivity contribution in [3.05, 3.63) is 71.1 Å². The number of hydrogen-bond donors (Lipinski definition) is 2. The molecule has 2 aromatic carbocycles. The van der Waals surface area contributed by atoms with Crippen LogP contribution in [0.2, 0.25) is 0 Å². The van der Waals surface area contributed by atoms with Gasteiger partial charge in [0.05, 0.1) is 18.5 Å². The summed E-state index contributed by atoms with van der Waals surface area (Å²) in [4.78, 5) is 16.0. The Kier molecular flexibility index (Phi) is 7.14. The second-order valence-electron chi connectivity index (χ2n) is 7.97. The van der Waals surface area contributed by atoms with E-state index in [1.54, 1.807) is 11.3 Å². The number of thiophene rings is 1. The molecular formula is C23H28N3O2PS. The molecule has 1 aromatic heterocycles. The van der Waals surface area contributed by atoms with Gasteiger partial charge in [0.2, 0.25) is 0 Å². The first-order valence-corrected chi connectivity index (χ1v) is 13.4. The molecule has 0 fully saturated rings. The van der Waals surface area contributed by atoms with E-state index in [4.69, 9.17) is 5.73 Å². The molecule has 7 heteroatoms. The molecule has 0 aliphatic heterocycles. The maximum absolute atomic E-state index is 12.7. The van der Waals surface area contributed by atoms with Crippen LogP contribution in [0.1, 0.15) is 15.9 Å². The molecule has 158 valence electrons. The monoisotopic (exact) mass is 441 g/mol. The van der Waals surface area contributed by atoms with Gasteiger partial charge in [-0.15, -0.1) is 11.3 Å². The van der Waals surface area contributed by atoms with Gasteiger partial charge in [-0.3, -0.25) is 4.79 Å². The van der Waals surface area contributed by atoms with E-state index in [1.165, 1.54) is 0 Å².